The first kappa shape index (κ1) is 21.2. The molecule has 0 radical (unpaired) electrons. The number of hydrogen-bond acceptors (Lipinski definition) is 6. The second kappa shape index (κ2) is 7.18. The lowest BCUT2D eigenvalue weighted by Crippen LogP contribution is -2.52. The van der Waals surface area contributed by atoms with Crippen molar-refractivity contribution in [1.82, 2.24) is 0 Å². The molecule has 12 heteroatoms. The van der Waals surface area contributed by atoms with E-state index in [2.05, 4.69) is 4.74 Å². The van der Waals surface area contributed by atoms with E-state index in [-0.39, 0.29) is 12.6 Å². The maximum Gasteiger partial charge on any atom is 0.426 e. The van der Waals surface area contributed by atoms with Crippen LogP contribution in [0, 0.1) is 0 Å². The summed E-state index contributed by atoms with van der Waals surface area (Å²) < 4.78 is 65.9. The van der Waals surface area contributed by atoms with Crippen molar-refractivity contribution in [1.29, 1.82) is 0 Å². The normalized spacial score (nSPS) is 14.5. The van der Waals surface area contributed by atoms with Gasteiger partial charge in [0.25, 0.3) is 5.91 Å². The van der Waals surface area contributed by atoms with Gasteiger partial charge in [0.15, 0.2) is 15.6 Å². The summed E-state index contributed by atoms with van der Waals surface area (Å²) in [6.07, 6.45) is -5.23. The van der Waals surface area contributed by atoms with Crippen LogP contribution in [-0.2, 0) is 24.2 Å². The van der Waals surface area contributed by atoms with E-state index in [9.17, 15) is 36.3 Å². The Hall–Kier alpha value is -1.85. The molecule has 0 unspecified atom stereocenters. The summed E-state index contributed by atoms with van der Waals surface area (Å²) in [5.41, 5.74) is -4.03. The molecule has 1 atom stereocenters. The number of methoxy groups -OCH3 is 1. The minimum Gasteiger partial charge on any atom is -0.468 e. The molecular formula is C13H13ClF3NO6S. The van der Waals surface area contributed by atoms with Gasteiger partial charge in [-0.2, -0.15) is 13.2 Å². The van der Waals surface area contributed by atoms with Crippen molar-refractivity contribution >= 4 is 39.0 Å². The molecule has 1 rings (SSSR count). The summed E-state index contributed by atoms with van der Waals surface area (Å²) in [4.78, 5) is 22.3. The van der Waals surface area contributed by atoms with Crippen LogP contribution in [0.3, 0.4) is 0 Å². The molecule has 25 heavy (non-hydrogen) atoms. The van der Waals surface area contributed by atoms with Gasteiger partial charge >= 0.3 is 12.1 Å². The van der Waals surface area contributed by atoms with Gasteiger partial charge in [0.05, 0.1) is 22.7 Å². The van der Waals surface area contributed by atoms with Crippen LogP contribution in [0.25, 0.3) is 0 Å². The Kier molecular flexibility index (Phi) is 6.09. The van der Waals surface area contributed by atoms with Crippen LogP contribution in [0.4, 0.5) is 18.9 Å². The average Bonchev–Trinajstić information content (AvgIpc) is 2.47. The zero-order valence-electron chi connectivity index (χ0n) is 12.8. The lowest BCUT2D eigenvalue weighted by Gasteiger charge is -2.25. The number of sulfone groups is 1. The molecule has 7 nitrogen and oxygen atoms in total. The van der Waals surface area contributed by atoms with Gasteiger partial charge in [0.1, 0.15) is 0 Å². The fourth-order valence-corrected chi connectivity index (χ4v) is 2.92. The number of halogens is 4. The molecule has 0 saturated heterocycles. The second-order valence-electron chi connectivity index (χ2n) is 5.00. The van der Waals surface area contributed by atoms with Gasteiger partial charge in [-0.25, -0.2) is 8.42 Å². The minimum atomic E-state index is -5.23. The number of amides is 1. The zero-order chi connectivity index (χ0) is 19.6. The number of benzene rings is 1. The third kappa shape index (κ3) is 4.83. The van der Waals surface area contributed by atoms with E-state index >= 15 is 0 Å². The number of hydrogen-bond donors (Lipinski definition) is 2. The van der Waals surface area contributed by atoms with Crippen LogP contribution in [0.5, 0.6) is 0 Å². The topological polar surface area (TPSA) is 110 Å². The Morgan fingerprint density at radius 3 is 2.32 bits per heavy atom. The molecule has 140 valence electrons. The maximum atomic E-state index is 12.6. The number of nitrogens with one attached hydrogen (secondary N) is 1. The van der Waals surface area contributed by atoms with Crippen molar-refractivity contribution in [2.45, 2.75) is 23.6 Å². The van der Waals surface area contributed by atoms with Crippen molar-refractivity contribution in [3.05, 3.63) is 23.2 Å². The highest BCUT2D eigenvalue weighted by molar-refractivity contribution is 7.92. The van der Waals surface area contributed by atoms with Crippen molar-refractivity contribution in [2.24, 2.45) is 0 Å². The van der Waals surface area contributed by atoms with Gasteiger partial charge in [0.2, 0.25) is 5.60 Å². The van der Waals surface area contributed by atoms with E-state index in [0.29, 0.717) is 0 Å². The molecule has 0 spiro atoms. The predicted molar refractivity (Wildman–Crippen MR) is 80.8 cm³/mol. The van der Waals surface area contributed by atoms with Crippen LogP contribution >= 0.6 is 11.6 Å². The van der Waals surface area contributed by atoms with E-state index in [1.807, 2.05) is 0 Å². The quantitative estimate of drug-likeness (QED) is 0.722. The Morgan fingerprint density at radius 1 is 1.32 bits per heavy atom. The van der Waals surface area contributed by atoms with Gasteiger partial charge in [-0.15, -0.1) is 0 Å². The van der Waals surface area contributed by atoms with Crippen LogP contribution in [-0.4, -0.2) is 50.0 Å². The number of carbonyl (C=O) groups excluding carboxylic acids is 2. The number of anilines is 1. The van der Waals surface area contributed by atoms with Crippen molar-refractivity contribution in [2.75, 3.05) is 18.2 Å². The third-order valence-electron chi connectivity index (χ3n) is 3.08. The molecule has 0 aromatic heterocycles. The van der Waals surface area contributed by atoms with Crippen LogP contribution in [0.15, 0.2) is 23.1 Å². The third-order valence-corrected chi connectivity index (χ3v) is 4.98. The first-order valence-corrected chi connectivity index (χ1v) is 8.45. The highest BCUT2D eigenvalue weighted by atomic mass is 35.5. The fourth-order valence-electron chi connectivity index (χ4n) is 1.46. The molecule has 0 bridgehead atoms. The molecule has 0 aliphatic carbocycles. The van der Waals surface area contributed by atoms with Crippen LogP contribution in [0.2, 0.25) is 5.02 Å². The van der Waals surface area contributed by atoms with Crippen molar-refractivity contribution < 1.29 is 41.0 Å². The molecule has 0 saturated carbocycles. The standard InChI is InChI=1S/C13H13ClF3NO6S/c1-12(21,13(15,16)17)11(20)18-9-4-3-7(5-8(9)14)25(22,23)6-10(19)24-2/h3-5,21H,6H2,1-2H3,(H,18,20)/t12-/m1/s1. The summed E-state index contributed by atoms with van der Waals surface area (Å²) in [5.74, 6) is -3.78. The number of carbonyl (C=O) groups is 2. The number of aliphatic hydroxyl groups is 1. The SMILES string of the molecule is COC(=O)CS(=O)(=O)c1ccc(NC(=O)[C@@](C)(O)C(F)(F)F)c(Cl)c1. The van der Waals surface area contributed by atoms with E-state index in [0.717, 1.165) is 25.3 Å². The molecule has 0 heterocycles. The Morgan fingerprint density at radius 2 is 1.88 bits per heavy atom. The molecule has 1 amide bonds. The lowest BCUT2D eigenvalue weighted by molar-refractivity contribution is -0.242. The highest BCUT2D eigenvalue weighted by Gasteiger charge is 2.55. The van der Waals surface area contributed by atoms with Gasteiger partial charge in [0, 0.05) is 0 Å². The lowest BCUT2D eigenvalue weighted by atomic mass is 10.1. The van der Waals surface area contributed by atoms with Gasteiger partial charge in [-0.1, -0.05) is 11.6 Å². The molecular weight excluding hydrogens is 391 g/mol. The largest absolute Gasteiger partial charge is 0.468 e. The Labute approximate surface area is 145 Å². The summed E-state index contributed by atoms with van der Waals surface area (Å²) in [6.45, 7) is 0.255. The van der Waals surface area contributed by atoms with Gasteiger partial charge in [-0.05, 0) is 25.1 Å². The summed E-state index contributed by atoms with van der Waals surface area (Å²) in [6, 6.07) is 2.71. The summed E-state index contributed by atoms with van der Waals surface area (Å²) in [7, 11) is -3.10. The van der Waals surface area contributed by atoms with Gasteiger partial charge < -0.3 is 15.2 Å². The first-order chi connectivity index (χ1) is 11.2. The maximum absolute atomic E-state index is 12.6. The molecule has 0 aliphatic heterocycles. The molecule has 2 N–H and O–H groups in total. The minimum absolute atomic E-state index is 0.255. The number of esters is 1. The number of alkyl halides is 3. The second-order valence-corrected chi connectivity index (χ2v) is 7.40. The first-order valence-electron chi connectivity index (χ1n) is 6.42. The van der Waals surface area contributed by atoms with Gasteiger partial charge in [-0.3, -0.25) is 9.59 Å². The molecule has 1 aromatic carbocycles. The Balaban J connectivity index is 3.08. The van der Waals surface area contributed by atoms with Crippen molar-refractivity contribution in [3.8, 4) is 0 Å². The summed E-state index contributed by atoms with van der Waals surface area (Å²) in [5, 5.41) is 10.6. The number of rotatable bonds is 5. The van der Waals surface area contributed by atoms with Crippen molar-refractivity contribution in [3.63, 3.8) is 0 Å². The zero-order valence-corrected chi connectivity index (χ0v) is 14.4. The number of ether oxygens (including phenoxy) is 1. The van der Waals surface area contributed by atoms with E-state index in [4.69, 9.17) is 11.6 Å². The van der Waals surface area contributed by atoms with E-state index < -0.39 is 49.2 Å². The summed E-state index contributed by atoms with van der Waals surface area (Å²) >= 11 is 5.76. The highest BCUT2D eigenvalue weighted by Crippen LogP contribution is 2.32. The van der Waals surface area contributed by atoms with E-state index in [1.165, 1.54) is 0 Å². The monoisotopic (exact) mass is 403 g/mol. The van der Waals surface area contributed by atoms with Crippen LogP contribution in [0.1, 0.15) is 6.92 Å². The Bertz CT molecular complexity index is 791. The molecule has 1 aromatic rings. The fraction of sp³-hybridized carbons (Fsp3) is 0.385. The predicted octanol–water partition coefficient (Wildman–Crippen LogP) is 1.54. The molecule has 0 aliphatic rings. The molecule has 0 fully saturated rings. The average molecular weight is 404 g/mol. The van der Waals surface area contributed by atoms with Crippen LogP contribution < -0.4 is 5.32 Å². The van der Waals surface area contributed by atoms with E-state index in [1.54, 1.807) is 5.32 Å². The smallest absolute Gasteiger partial charge is 0.426 e.